The Morgan fingerprint density at radius 3 is 2.09 bits per heavy atom. The van der Waals surface area contributed by atoms with Crippen LogP contribution in [-0.4, -0.2) is 24.6 Å². The molecule has 0 radical (unpaired) electrons. The minimum Gasteiger partial charge on any atom is -0.469 e. The van der Waals surface area contributed by atoms with Gasteiger partial charge in [-0.15, -0.1) is 0 Å². The van der Waals surface area contributed by atoms with Gasteiger partial charge < -0.3 is 9.84 Å². The topological polar surface area (TPSA) is 46.5 Å². The number of ether oxygens (including phenoxy) is 1. The number of benzene rings is 1. The second-order valence-electron chi connectivity index (χ2n) is 6.25. The minimum absolute atomic E-state index is 0.301. The zero-order chi connectivity index (χ0) is 17.8. The van der Waals surface area contributed by atoms with E-state index >= 15 is 0 Å². The molecule has 130 valence electrons. The third-order valence-corrected chi connectivity index (χ3v) is 4.62. The maximum Gasteiger partial charge on any atom is 0.317 e. The van der Waals surface area contributed by atoms with Crippen molar-refractivity contribution in [3.05, 3.63) is 35.4 Å². The first kappa shape index (κ1) is 19.6. The molecule has 1 aromatic carbocycles. The summed E-state index contributed by atoms with van der Waals surface area (Å²) in [6.07, 6.45) is -2.07. The van der Waals surface area contributed by atoms with Gasteiger partial charge in [0.05, 0.1) is 7.11 Å². The number of carbonyl (C=O) groups is 1. The highest BCUT2D eigenvalue weighted by atomic mass is 19.3. The minimum atomic E-state index is -3.02. The van der Waals surface area contributed by atoms with Crippen LogP contribution in [0, 0.1) is 11.8 Å². The molecule has 0 aliphatic rings. The van der Waals surface area contributed by atoms with E-state index < -0.39 is 29.8 Å². The lowest BCUT2D eigenvalue weighted by Crippen LogP contribution is -2.48. The maximum atomic E-state index is 13.5. The summed E-state index contributed by atoms with van der Waals surface area (Å²) in [5, 5.41) is 11.0. The molecule has 1 rings (SSSR count). The van der Waals surface area contributed by atoms with Crippen molar-refractivity contribution < 1.29 is 23.4 Å². The molecule has 0 saturated heterocycles. The smallest absolute Gasteiger partial charge is 0.317 e. The van der Waals surface area contributed by atoms with E-state index in [4.69, 9.17) is 0 Å². The molecule has 0 saturated carbocycles. The van der Waals surface area contributed by atoms with Gasteiger partial charge in [-0.25, -0.2) is 8.78 Å². The lowest BCUT2D eigenvalue weighted by molar-refractivity contribution is -0.176. The highest BCUT2D eigenvalue weighted by molar-refractivity contribution is 5.74. The summed E-state index contributed by atoms with van der Waals surface area (Å²) in [5.74, 6) is -3.29. The first-order valence-corrected chi connectivity index (χ1v) is 7.88. The summed E-state index contributed by atoms with van der Waals surface area (Å²) in [4.78, 5) is 11.8. The van der Waals surface area contributed by atoms with Crippen molar-refractivity contribution in [1.82, 2.24) is 0 Å². The molecule has 1 N–H and O–H groups in total. The van der Waals surface area contributed by atoms with Crippen LogP contribution in [0.15, 0.2) is 24.3 Å². The second-order valence-corrected chi connectivity index (χ2v) is 6.25. The predicted molar refractivity (Wildman–Crippen MR) is 85.4 cm³/mol. The van der Waals surface area contributed by atoms with Crippen LogP contribution < -0.4 is 0 Å². The molecule has 0 aliphatic carbocycles. The first-order valence-electron chi connectivity index (χ1n) is 7.88. The number of esters is 1. The number of halogens is 2. The van der Waals surface area contributed by atoms with Gasteiger partial charge >= 0.3 is 5.97 Å². The summed E-state index contributed by atoms with van der Waals surface area (Å²) in [6.45, 7) is 7.36. The maximum absolute atomic E-state index is 13.5. The number of methoxy groups -OCH3 is 1. The van der Waals surface area contributed by atoms with Gasteiger partial charge in [0.1, 0.15) is 5.60 Å². The summed E-state index contributed by atoms with van der Waals surface area (Å²) in [6, 6.07) is 6.88. The predicted octanol–water partition coefficient (Wildman–Crippen LogP) is 4.10. The van der Waals surface area contributed by atoms with Crippen LogP contribution >= 0.6 is 0 Å². The number of alkyl halides is 2. The molecule has 3 atom stereocenters. The van der Waals surface area contributed by atoms with Gasteiger partial charge in [0.2, 0.25) is 0 Å². The Morgan fingerprint density at radius 1 is 1.22 bits per heavy atom. The average molecular weight is 328 g/mol. The molecule has 3 unspecified atom stereocenters. The van der Waals surface area contributed by atoms with Crippen molar-refractivity contribution >= 4 is 5.97 Å². The number of hydrogen-bond donors (Lipinski definition) is 1. The molecule has 0 heterocycles. The SMILES string of the molecule is CCC(C)c1ccc(C(O)(C(C)C)C(C(=O)OC)C(F)F)cc1. The normalized spacial score (nSPS) is 17.0. The number of rotatable bonds is 7. The van der Waals surface area contributed by atoms with E-state index in [2.05, 4.69) is 18.6 Å². The molecule has 0 bridgehead atoms. The molecule has 0 aliphatic heterocycles. The Bertz CT molecular complexity index is 514. The fourth-order valence-electron chi connectivity index (χ4n) is 2.79. The number of hydrogen-bond acceptors (Lipinski definition) is 3. The lowest BCUT2D eigenvalue weighted by Gasteiger charge is -2.38. The van der Waals surface area contributed by atoms with E-state index in [1.54, 1.807) is 26.0 Å². The number of carbonyl (C=O) groups excluding carboxylic acids is 1. The fraction of sp³-hybridized carbons (Fsp3) is 0.611. The summed E-state index contributed by atoms with van der Waals surface area (Å²) < 4.78 is 31.5. The van der Waals surface area contributed by atoms with E-state index in [1.807, 2.05) is 12.1 Å². The third-order valence-electron chi connectivity index (χ3n) is 4.62. The van der Waals surface area contributed by atoms with Crippen LogP contribution in [0.4, 0.5) is 8.78 Å². The third kappa shape index (κ3) is 3.89. The van der Waals surface area contributed by atoms with Crippen LogP contribution in [0.25, 0.3) is 0 Å². The highest BCUT2D eigenvalue weighted by Crippen LogP contribution is 2.41. The molecule has 23 heavy (non-hydrogen) atoms. The Kier molecular flexibility index (Phi) is 6.69. The van der Waals surface area contributed by atoms with Crippen molar-refractivity contribution in [2.24, 2.45) is 11.8 Å². The zero-order valence-corrected chi connectivity index (χ0v) is 14.3. The Balaban J connectivity index is 3.35. The zero-order valence-electron chi connectivity index (χ0n) is 14.3. The molecule has 3 nitrogen and oxygen atoms in total. The standard InChI is InChI=1S/C18H26F2O3/c1-6-12(4)13-7-9-14(10-8-13)18(22,11(2)3)15(16(19)20)17(21)23-5/h7-12,15-16,22H,6H2,1-5H3. The summed E-state index contributed by atoms with van der Waals surface area (Å²) >= 11 is 0. The Labute approximate surface area is 136 Å². The molecule has 0 aromatic heterocycles. The van der Waals surface area contributed by atoms with Gasteiger partial charge in [0.25, 0.3) is 6.43 Å². The highest BCUT2D eigenvalue weighted by Gasteiger charge is 2.51. The van der Waals surface area contributed by atoms with Crippen LogP contribution in [0.1, 0.15) is 51.2 Å². The van der Waals surface area contributed by atoms with Crippen molar-refractivity contribution in [2.75, 3.05) is 7.11 Å². The van der Waals surface area contributed by atoms with Gasteiger partial charge in [0, 0.05) is 0 Å². The van der Waals surface area contributed by atoms with Crippen molar-refractivity contribution in [3.8, 4) is 0 Å². The largest absolute Gasteiger partial charge is 0.469 e. The molecule has 0 spiro atoms. The fourth-order valence-corrected chi connectivity index (χ4v) is 2.79. The lowest BCUT2D eigenvalue weighted by atomic mass is 9.73. The average Bonchev–Trinajstić information content (AvgIpc) is 2.53. The molecule has 0 amide bonds. The molecular weight excluding hydrogens is 302 g/mol. The van der Waals surface area contributed by atoms with Gasteiger partial charge in [-0.3, -0.25) is 4.79 Å². The van der Waals surface area contributed by atoms with Gasteiger partial charge in [0.15, 0.2) is 5.92 Å². The van der Waals surface area contributed by atoms with Crippen molar-refractivity contribution in [1.29, 1.82) is 0 Å². The second kappa shape index (κ2) is 7.86. The van der Waals surface area contributed by atoms with Gasteiger partial charge in [-0.05, 0) is 29.4 Å². The van der Waals surface area contributed by atoms with Crippen molar-refractivity contribution in [2.45, 2.75) is 52.1 Å². The summed E-state index contributed by atoms with van der Waals surface area (Å²) in [5.41, 5.74) is -0.626. The molecule has 0 fully saturated rings. The monoisotopic (exact) mass is 328 g/mol. The number of aliphatic hydroxyl groups is 1. The van der Waals surface area contributed by atoms with E-state index in [0.717, 1.165) is 19.1 Å². The first-order chi connectivity index (χ1) is 10.7. The Hall–Kier alpha value is -1.49. The van der Waals surface area contributed by atoms with Crippen LogP contribution in [0.3, 0.4) is 0 Å². The van der Waals surface area contributed by atoms with Crippen LogP contribution in [0.5, 0.6) is 0 Å². The molecule has 1 aromatic rings. The van der Waals surface area contributed by atoms with Crippen LogP contribution in [0.2, 0.25) is 0 Å². The van der Waals surface area contributed by atoms with Crippen molar-refractivity contribution in [3.63, 3.8) is 0 Å². The van der Waals surface area contributed by atoms with E-state index in [1.165, 1.54) is 0 Å². The molecule has 5 heteroatoms. The van der Waals surface area contributed by atoms with E-state index in [-0.39, 0.29) is 0 Å². The van der Waals surface area contributed by atoms with Gasteiger partial charge in [-0.1, -0.05) is 52.0 Å². The van der Waals surface area contributed by atoms with E-state index in [9.17, 15) is 18.7 Å². The van der Waals surface area contributed by atoms with Gasteiger partial charge in [-0.2, -0.15) is 0 Å². The van der Waals surface area contributed by atoms with Crippen LogP contribution in [-0.2, 0) is 15.1 Å². The quantitative estimate of drug-likeness (QED) is 0.767. The summed E-state index contributed by atoms with van der Waals surface area (Å²) in [7, 11) is 1.05. The molecular formula is C18H26F2O3. The van der Waals surface area contributed by atoms with E-state index in [0.29, 0.717) is 11.5 Å². The Morgan fingerprint density at radius 2 is 1.74 bits per heavy atom.